The molecule has 19 heavy (non-hydrogen) atoms. The smallest absolute Gasteiger partial charge is 0.420 e. The fourth-order valence-corrected chi connectivity index (χ4v) is 2.21. The van der Waals surface area contributed by atoms with Gasteiger partial charge >= 0.3 is 6.18 Å². The lowest BCUT2D eigenvalue weighted by Crippen LogP contribution is -2.27. The van der Waals surface area contributed by atoms with Gasteiger partial charge in [0.2, 0.25) is 0 Å². The Hall–Kier alpha value is -0.790. The van der Waals surface area contributed by atoms with E-state index < -0.39 is 17.5 Å². The van der Waals surface area contributed by atoms with E-state index in [1.807, 2.05) is 0 Å². The fraction of sp³-hybridized carbons (Fsp3) is 0.500. The molecule has 0 N–H and O–H groups in total. The summed E-state index contributed by atoms with van der Waals surface area (Å²) >= 11 is 3.07. The first-order valence-corrected chi connectivity index (χ1v) is 6.04. The van der Waals surface area contributed by atoms with Gasteiger partial charge in [-0.15, -0.1) is 0 Å². The molecule has 0 heterocycles. The van der Waals surface area contributed by atoms with E-state index in [1.54, 1.807) is 0 Å². The van der Waals surface area contributed by atoms with Crippen LogP contribution < -0.4 is 4.74 Å². The maximum atomic E-state index is 13.0. The van der Waals surface area contributed by atoms with Crippen LogP contribution in [0.5, 0.6) is 5.75 Å². The second-order valence-electron chi connectivity index (χ2n) is 3.89. The first kappa shape index (κ1) is 16.3. The molecule has 3 nitrogen and oxygen atoms in total. The molecule has 1 aromatic carbocycles. The van der Waals surface area contributed by atoms with E-state index in [0.29, 0.717) is 0 Å². The predicted octanol–water partition coefficient (Wildman–Crippen LogP) is 3.94. The van der Waals surface area contributed by atoms with E-state index >= 15 is 0 Å². The zero-order valence-electron chi connectivity index (χ0n) is 10.9. The Morgan fingerprint density at radius 3 is 1.95 bits per heavy atom. The molecule has 0 aliphatic heterocycles. The van der Waals surface area contributed by atoms with Crippen LogP contribution in [0, 0.1) is 0 Å². The molecule has 0 amide bonds. The van der Waals surface area contributed by atoms with Gasteiger partial charge in [0.1, 0.15) is 5.75 Å². The van der Waals surface area contributed by atoms with E-state index in [4.69, 9.17) is 14.2 Å². The minimum atomic E-state index is -4.54. The summed E-state index contributed by atoms with van der Waals surface area (Å²) in [5, 5.41) is 0. The summed E-state index contributed by atoms with van der Waals surface area (Å²) in [5.74, 6) is -1.54. The summed E-state index contributed by atoms with van der Waals surface area (Å²) in [5.41, 5.74) is -0.655. The Bertz CT molecular complexity index is 456. The Morgan fingerprint density at radius 2 is 1.58 bits per heavy atom. The lowest BCUT2D eigenvalue weighted by molar-refractivity contribution is -0.202. The Labute approximate surface area is 117 Å². The van der Waals surface area contributed by atoms with Gasteiger partial charge in [-0.3, -0.25) is 0 Å². The minimum absolute atomic E-state index is 0.181. The highest BCUT2D eigenvalue weighted by molar-refractivity contribution is 9.10. The van der Waals surface area contributed by atoms with Crippen molar-refractivity contribution in [2.75, 3.05) is 21.3 Å². The highest BCUT2D eigenvalue weighted by Crippen LogP contribution is 2.43. The number of halogens is 4. The van der Waals surface area contributed by atoms with Crippen LogP contribution in [-0.4, -0.2) is 21.3 Å². The molecule has 1 aromatic rings. The standard InChI is InChI=1S/C12H14BrF3O3/c1-11(18-3,19-4)7-5-8(12(14,15)16)10(17-2)9(13)6-7/h5-6H,1-4H3. The third-order valence-electron chi connectivity index (χ3n) is 2.86. The van der Waals surface area contributed by atoms with Crippen LogP contribution in [0.4, 0.5) is 13.2 Å². The van der Waals surface area contributed by atoms with Gasteiger partial charge in [0.05, 0.1) is 17.1 Å². The van der Waals surface area contributed by atoms with Gasteiger partial charge in [-0.05, 0) is 35.0 Å². The van der Waals surface area contributed by atoms with Crippen molar-refractivity contribution in [1.82, 2.24) is 0 Å². The van der Waals surface area contributed by atoms with Crippen LogP contribution in [0.15, 0.2) is 16.6 Å². The number of hydrogen-bond donors (Lipinski definition) is 0. The molecular formula is C12H14BrF3O3. The molecule has 0 atom stereocenters. The number of hydrogen-bond acceptors (Lipinski definition) is 3. The zero-order chi connectivity index (χ0) is 14.8. The average molecular weight is 343 g/mol. The number of rotatable bonds is 4. The molecule has 0 saturated carbocycles. The van der Waals surface area contributed by atoms with Crippen molar-refractivity contribution in [2.24, 2.45) is 0 Å². The summed E-state index contributed by atoms with van der Waals surface area (Å²) in [4.78, 5) is 0. The first-order chi connectivity index (χ1) is 8.69. The van der Waals surface area contributed by atoms with E-state index in [-0.39, 0.29) is 15.8 Å². The lowest BCUT2D eigenvalue weighted by atomic mass is 10.0. The van der Waals surface area contributed by atoms with Crippen LogP contribution >= 0.6 is 15.9 Å². The largest absolute Gasteiger partial charge is 0.495 e. The zero-order valence-corrected chi connectivity index (χ0v) is 12.5. The molecule has 0 aliphatic rings. The molecule has 0 aliphatic carbocycles. The number of methoxy groups -OCH3 is 3. The van der Waals surface area contributed by atoms with E-state index in [0.717, 1.165) is 6.07 Å². The van der Waals surface area contributed by atoms with Gasteiger partial charge in [-0.1, -0.05) is 0 Å². The van der Waals surface area contributed by atoms with Crippen molar-refractivity contribution < 1.29 is 27.4 Å². The van der Waals surface area contributed by atoms with Gasteiger partial charge in [-0.2, -0.15) is 13.2 Å². The number of benzene rings is 1. The Balaban J connectivity index is 3.52. The average Bonchev–Trinajstić information content (AvgIpc) is 2.35. The van der Waals surface area contributed by atoms with E-state index in [1.165, 1.54) is 34.3 Å². The van der Waals surface area contributed by atoms with Crippen LogP contribution in [0.25, 0.3) is 0 Å². The molecular weight excluding hydrogens is 329 g/mol. The molecule has 0 fully saturated rings. The van der Waals surface area contributed by atoms with Gasteiger partial charge in [-0.25, -0.2) is 0 Å². The van der Waals surface area contributed by atoms with Crippen LogP contribution in [-0.2, 0) is 21.4 Å². The number of ether oxygens (including phenoxy) is 3. The van der Waals surface area contributed by atoms with Crippen molar-refractivity contribution in [3.63, 3.8) is 0 Å². The topological polar surface area (TPSA) is 27.7 Å². The Kier molecular flexibility index (Phi) is 4.86. The summed E-state index contributed by atoms with van der Waals surface area (Å²) < 4.78 is 54.2. The van der Waals surface area contributed by atoms with Crippen molar-refractivity contribution >= 4 is 15.9 Å². The Morgan fingerprint density at radius 1 is 1.05 bits per heavy atom. The summed E-state index contributed by atoms with van der Waals surface area (Å²) in [6.45, 7) is 1.53. The van der Waals surface area contributed by atoms with Gasteiger partial charge in [0.15, 0.2) is 5.79 Å². The summed E-state index contributed by atoms with van der Waals surface area (Å²) in [6.07, 6.45) is -4.54. The second-order valence-corrected chi connectivity index (χ2v) is 4.74. The summed E-state index contributed by atoms with van der Waals surface area (Å²) in [6, 6.07) is 2.43. The first-order valence-electron chi connectivity index (χ1n) is 5.25. The van der Waals surface area contributed by atoms with Crippen molar-refractivity contribution in [3.8, 4) is 5.75 Å². The third kappa shape index (κ3) is 3.21. The third-order valence-corrected chi connectivity index (χ3v) is 3.45. The van der Waals surface area contributed by atoms with Gasteiger partial charge in [0.25, 0.3) is 0 Å². The van der Waals surface area contributed by atoms with E-state index in [9.17, 15) is 13.2 Å². The highest BCUT2D eigenvalue weighted by atomic mass is 79.9. The summed E-state index contributed by atoms with van der Waals surface area (Å²) in [7, 11) is 3.89. The van der Waals surface area contributed by atoms with Crippen molar-refractivity contribution in [1.29, 1.82) is 0 Å². The maximum Gasteiger partial charge on any atom is 0.420 e. The molecule has 0 aromatic heterocycles. The van der Waals surface area contributed by atoms with Crippen molar-refractivity contribution in [3.05, 3.63) is 27.7 Å². The molecule has 0 unspecified atom stereocenters. The number of alkyl halides is 3. The highest BCUT2D eigenvalue weighted by Gasteiger charge is 2.38. The molecule has 7 heteroatoms. The van der Waals surface area contributed by atoms with Crippen LogP contribution in [0.2, 0.25) is 0 Å². The quantitative estimate of drug-likeness (QED) is 0.775. The molecule has 0 saturated heterocycles. The fourth-order valence-electron chi connectivity index (χ4n) is 1.59. The molecule has 108 valence electrons. The molecule has 0 radical (unpaired) electrons. The normalized spacial score (nSPS) is 12.6. The maximum absolute atomic E-state index is 13.0. The van der Waals surface area contributed by atoms with Gasteiger partial charge < -0.3 is 14.2 Å². The minimum Gasteiger partial charge on any atom is -0.495 e. The SMILES string of the molecule is COc1c(Br)cc(C(C)(OC)OC)cc1C(F)(F)F. The van der Waals surface area contributed by atoms with E-state index in [2.05, 4.69) is 15.9 Å². The molecule has 0 spiro atoms. The van der Waals surface area contributed by atoms with Crippen molar-refractivity contribution in [2.45, 2.75) is 18.9 Å². The van der Waals surface area contributed by atoms with Gasteiger partial charge in [0, 0.05) is 19.8 Å². The molecule has 0 bridgehead atoms. The predicted molar refractivity (Wildman–Crippen MR) is 67.1 cm³/mol. The molecule has 1 rings (SSSR count). The second kappa shape index (κ2) is 5.68. The monoisotopic (exact) mass is 342 g/mol. The van der Waals surface area contributed by atoms with Crippen LogP contribution in [0.1, 0.15) is 18.1 Å². The lowest BCUT2D eigenvalue weighted by Gasteiger charge is -2.28. The van der Waals surface area contributed by atoms with Crippen LogP contribution in [0.3, 0.4) is 0 Å².